The Hall–Kier alpha value is -3.09. The van der Waals surface area contributed by atoms with Gasteiger partial charge in [0.05, 0.1) is 7.11 Å². The molecule has 7 heteroatoms. The molecule has 0 aromatic heterocycles. The second kappa shape index (κ2) is 8.14. The summed E-state index contributed by atoms with van der Waals surface area (Å²) in [6.45, 7) is 1.57. The molecule has 0 fully saturated rings. The van der Waals surface area contributed by atoms with E-state index >= 15 is 0 Å². The summed E-state index contributed by atoms with van der Waals surface area (Å²) < 4.78 is 23.9. The van der Waals surface area contributed by atoms with Crippen LogP contribution in [-0.4, -0.2) is 25.5 Å². The molecule has 0 aliphatic heterocycles. The van der Waals surface area contributed by atoms with Gasteiger partial charge in [0.25, 0.3) is 11.8 Å². The molecule has 0 unspecified atom stereocenters. The van der Waals surface area contributed by atoms with Crippen molar-refractivity contribution in [1.82, 2.24) is 5.32 Å². The topological polar surface area (TPSA) is 90.7 Å². The number of primary amides is 1. The molecule has 0 aliphatic rings. The van der Waals surface area contributed by atoms with E-state index in [4.69, 9.17) is 15.2 Å². The van der Waals surface area contributed by atoms with Crippen molar-refractivity contribution in [2.24, 2.45) is 5.73 Å². The molecule has 0 saturated heterocycles. The number of ether oxygens (including phenoxy) is 2. The van der Waals surface area contributed by atoms with Gasteiger partial charge in [-0.05, 0) is 42.3 Å². The first kappa shape index (κ1) is 18.3. The van der Waals surface area contributed by atoms with Crippen LogP contribution in [0.2, 0.25) is 0 Å². The highest BCUT2D eigenvalue weighted by atomic mass is 19.1. The van der Waals surface area contributed by atoms with Gasteiger partial charge in [0, 0.05) is 12.1 Å². The molecule has 2 aromatic carbocycles. The SMILES string of the molecule is COc1cc(C(=O)NCc2ccc(C)c(F)c2)ccc1OCC(N)=O. The van der Waals surface area contributed by atoms with Crippen LogP contribution < -0.4 is 20.5 Å². The zero-order valence-electron chi connectivity index (χ0n) is 14.0. The van der Waals surface area contributed by atoms with Crippen molar-refractivity contribution in [2.45, 2.75) is 13.5 Å². The van der Waals surface area contributed by atoms with E-state index in [1.54, 1.807) is 19.1 Å². The number of benzene rings is 2. The molecule has 2 aromatic rings. The summed E-state index contributed by atoms with van der Waals surface area (Å²) in [5, 5.41) is 2.71. The number of methoxy groups -OCH3 is 1. The fraction of sp³-hybridized carbons (Fsp3) is 0.222. The highest BCUT2D eigenvalue weighted by molar-refractivity contribution is 5.94. The van der Waals surface area contributed by atoms with E-state index in [-0.39, 0.29) is 24.9 Å². The highest BCUT2D eigenvalue weighted by Crippen LogP contribution is 2.28. The van der Waals surface area contributed by atoms with Gasteiger partial charge in [-0.1, -0.05) is 12.1 Å². The summed E-state index contributed by atoms with van der Waals surface area (Å²) >= 11 is 0. The van der Waals surface area contributed by atoms with Crippen LogP contribution in [0.15, 0.2) is 36.4 Å². The number of aryl methyl sites for hydroxylation is 1. The summed E-state index contributed by atoms with van der Waals surface area (Å²) in [5.74, 6) is -0.673. The van der Waals surface area contributed by atoms with Gasteiger partial charge in [0.15, 0.2) is 18.1 Å². The zero-order valence-corrected chi connectivity index (χ0v) is 14.0. The summed E-state index contributed by atoms with van der Waals surface area (Å²) in [5.41, 5.74) is 6.58. The van der Waals surface area contributed by atoms with E-state index in [1.807, 2.05) is 0 Å². The average Bonchev–Trinajstić information content (AvgIpc) is 2.60. The molecule has 0 saturated carbocycles. The largest absolute Gasteiger partial charge is 0.493 e. The van der Waals surface area contributed by atoms with Crippen LogP contribution in [0.1, 0.15) is 21.5 Å². The predicted octanol–water partition coefficient (Wildman–Crippen LogP) is 1.94. The van der Waals surface area contributed by atoms with Crippen LogP contribution in [0.3, 0.4) is 0 Å². The van der Waals surface area contributed by atoms with Crippen molar-refractivity contribution in [3.05, 3.63) is 58.9 Å². The minimum Gasteiger partial charge on any atom is -0.493 e. The Balaban J connectivity index is 2.05. The van der Waals surface area contributed by atoms with Gasteiger partial charge in [0.2, 0.25) is 0 Å². The number of hydrogen-bond donors (Lipinski definition) is 2. The maximum Gasteiger partial charge on any atom is 0.255 e. The Morgan fingerprint density at radius 3 is 2.56 bits per heavy atom. The second-order valence-corrected chi connectivity index (χ2v) is 5.39. The van der Waals surface area contributed by atoms with Crippen molar-refractivity contribution in [2.75, 3.05) is 13.7 Å². The number of carbonyl (C=O) groups excluding carboxylic acids is 2. The molecule has 0 radical (unpaired) electrons. The van der Waals surface area contributed by atoms with Crippen LogP contribution in [0.5, 0.6) is 11.5 Å². The Labute approximate surface area is 144 Å². The molecule has 25 heavy (non-hydrogen) atoms. The molecule has 0 aliphatic carbocycles. The first-order chi connectivity index (χ1) is 11.9. The molecule has 0 bridgehead atoms. The minimum absolute atomic E-state index is 0.193. The summed E-state index contributed by atoms with van der Waals surface area (Å²) in [6.07, 6.45) is 0. The first-order valence-electron chi connectivity index (χ1n) is 7.53. The van der Waals surface area contributed by atoms with E-state index < -0.39 is 5.91 Å². The summed E-state index contributed by atoms with van der Waals surface area (Å²) in [4.78, 5) is 23.0. The van der Waals surface area contributed by atoms with Crippen LogP contribution in [0.4, 0.5) is 4.39 Å². The molecule has 2 rings (SSSR count). The van der Waals surface area contributed by atoms with Crippen molar-refractivity contribution in [1.29, 1.82) is 0 Å². The van der Waals surface area contributed by atoms with Crippen LogP contribution >= 0.6 is 0 Å². The Bertz CT molecular complexity index is 793. The minimum atomic E-state index is -0.616. The third kappa shape index (κ3) is 4.94. The standard InChI is InChI=1S/C18H19FN2O4/c1-11-3-4-12(7-14(11)19)9-21-18(23)13-5-6-15(16(8-13)24-2)25-10-17(20)22/h3-8H,9-10H2,1-2H3,(H2,20,22)(H,21,23). The van der Waals surface area contributed by atoms with E-state index in [9.17, 15) is 14.0 Å². The fourth-order valence-electron chi connectivity index (χ4n) is 2.11. The van der Waals surface area contributed by atoms with Crippen molar-refractivity contribution in [3.63, 3.8) is 0 Å². The van der Waals surface area contributed by atoms with Crippen LogP contribution in [0, 0.1) is 12.7 Å². The first-order valence-corrected chi connectivity index (χ1v) is 7.53. The smallest absolute Gasteiger partial charge is 0.255 e. The van der Waals surface area contributed by atoms with E-state index in [0.717, 1.165) is 0 Å². The zero-order chi connectivity index (χ0) is 18.4. The third-order valence-corrected chi connectivity index (χ3v) is 3.49. The number of hydrogen-bond acceptors (Lipinski definition) is 4. The molecule has 0 spiro atoms. The lowest BCUT2D eigenvalue weighted by molar-refractivity contribution is -0.119. The van der Waals surface area contributed by atoms with E-state index in [1.165, 1.54) is 31.4 Å². The molecule has 3 N–H and O–H groups in total. The summed E-state index contributed by atoms with van der Waals surface area (Å²) in [7, 11) is 1.42. The Kier molecular flexibility index (Phi) is 5.94. The van der Waals surface area contributed by atoms with Gasteiger partial charge in [-0.2, -0.15) is 0 Å². The van der Waals surface area contributed by atoms with Crippen LogP contribution in [0.25, 0.3) is 0 Å². The molecule has 6 nitrogen and oxygen atoms in total. The number of nitrogens with two attached hydrogens (primary N) is 1. The lowest BCUT2D eigenvalue weighted by Crippen LogP contribution is -2.23. The van der Waals surface area contributed by atoms with Crippen LogP contribution in [-0.2, 0) is 11.3 Å². The fourth-order valence-corrected chi connectivity index (χ4v) is 2.11. The average molecular weight is 346 g/mol. The molecular weight excluding hydrogens is 327 g/mol. The highest BCUT2D eigenvalue weighted by Gasteiger charge is 2.12. The number of rotatable bonds is 7. The van der Waals surface area contributed by atoms with Crippen molar-refractivity contribution in [3.8, 4) is 11.5 Å². The summed E-state index contributed by atoms with van der Waals surface area (Å²) in [6, 6.07) is 9.33. The Morgan fingerprint density at radius 2 is 1.92 bits per heavy atom. The third-order valence-electron chi connectivity index (χ3n) is 3.49. The van der Waals surface area contributed by atoms with Crippen molar-refractivity contribution >= 4 is 11.8 Å². The maximum absolute atomic E-state index is 13.5. The number of carbonyl (C=O) groups is 2. The Morgan fingerprint density at radius 1 is 1.16 bits per heavy atom. The van der Waals surface area contributed by atoms with E-state index in [2.05, 4.69) is 5.32 Å². The second-order valence-electron chi connectivity index (χ2n) is 5.39. The molecule has 132 valence electrons. The van der Waals surface area contributed by atoms with Gasteiger partial charge in [-0.25, -0.2) is 4.39 Å². The predicted molar refractivity (Wildman–Crippen MR) is 90.0 cm³/mol. The lowest BCUT2D eigenvalue weighted by atomic mass is 10.1. The van der Waals surface area contributed by atoms with Crippen molar-refractivity contribution < 1.29 is 23.5 Å². The molecule has 0 atom stereocenters. The number of nitrogens with one attached hydrogen (secondary N) is 1. The molecule has 2 amide bonds. The number of amides is 2. The van der Waals surface area contributed by atoms with Gasteiger partial charge in [-0.15, -0.1) is 0 Å². The molecular formula is C18H19FN2O4. The van der Waals surface area contributed by atoms with Gasteiger partial charge < -0.3 is 20.5 Å². The lowest BCUT2D eigenvalue weighted by Gasteiger charge is -2.11. The monoisotopic (exact) mass is 346 g/mol. The van der Waals surface area contributed by atoms with Gasteiger partial charge in [0.1, 0.15) is 5.82 Å². The normalized spacial score (nSPS) is 10.2. The molecule has 0 heterocycles. The number of halogens is 1. The van der Waals surface area contributed by atoms with Gasteiger partial charge in [-0.3, -0.25) is 9.59 Å². The maximum atomic E-state index is 13.5. The van der Waals surface area contributed by atoms with E-state index in [0.29, 0.717) is 28.2 Å². The quantitative estimate of drug-likeness (QED) is 0.801. The van der Waals surface area contributed by atoms with Gasteiger partial charge >= 0.3 is 0 Å².